The Balaban J connectivity index is 2.14. The number of nitrogens with zero attached hydrogens (tertiary/aromatic N) is 1. The number of hydrogen-bond donors (Lipinski definition) is 1. The first kappa shape index (κ1) is 7.31. The Hall–Kier alpha value is 0.650. The van der Waals surface area contributed by atoms with E-state index in [1.165, 1.54) is 25.8 Å². The molecule has 58 valence electrons. The van der Waals surface area contributed by atoms with Crippen LogP contribution < -0.4 is 5.32 Å². The molecular formula is C7H13IN2. The number of likely N-dealkylation sites (N-methyl/N-ethyl adjacent to an activating group) is 1. The number of halogens is 1. The monoisotopic (exact) mass is 252 g/mol. The molecule has 1 saturated heterocycles. The molecule has 10 heavy (non-hydrogen) atoms. The van der Waals surface area contributed by atoms with Crippen molar-refractivity contribution in [2.45, 2.75) is 30.8 Å². The molecule has 3 heteroatoms. The predicted octanol–water partition coefficient (Wildman–Crippen LogP) is 1.16. The van der Waals surface area contributed by atoms with Gasteiger partial charge in [0.15, 0.2) is 0 Å². The topological polar surface area (TPSA) is 15.3 Å². The average molecular weight is 252 g/mol. The molecule has 0 radical (unpaired) electrons. The molecule has 2 nitrogen and oxygen atoms in total. The second-order valence-corrected chi connectivity index (χ2v) is 4.72. The van der Waals surface area contributed by atoms with Crippen molar-refractivity contribution in [1.29, 1.82) is 0 Å². The molecule has 0 spiro atoms. The van der Waals surface area contributed by atoms with Crippen molar-refractivity contribution < 1.29 is 0 Å². The molecule has 2 atom stereocenters. The zero-order valence-corrected chi connectivity index (χ0v) is 8.39. The number of nitrogens with one attached hydrogen (secondary N) is 1. The van der Waals surface area contributed by atoms with Crippen LogP contribution in [0, 0.1) is 0 Å². The van der Waals surface area contributed by atoms with Gasteiger partial charge in [0.25, 0.3) is 0 Å². The van der Waals surface area contributed by atoms with Gasteiger partial charge in [-0.15, -0.1) is 0 Å². The Morgan fingerprint density at radius 2 is 2.50 bits per heavy atom. The first-order valence-electron chi connectivity index (χ1n) is 3.87. The van der Waals surface area contributed by atoms with E-state index in [0.717, 1.165) is 6.04 Å². The van der Waals surface area contributed by atoms with Crippen LogP contribution in [0.2, 0.25) is 0 Å². The van der Waals surface area contributed by atoms with Crippen LogP contribution >= 0.6 is 22.9 Å². The molecular weight excluding hydrogens is 239 g/mol. The van der Waals surface area contributed by atoms with E-state index >= 15 is 0 Å². The number of hydrogen-bond acceptors (Lipinski definition) is 2. The lowest BCUT2D eigenvalue weighted by Crippen LogP contribution is -2.44. The molecule has 2 aliphatic rings. The number of piperidine rings is 1. The van der Waals surface area contributed by atoms with Gasteiger partial charge < -0.3 is 5.32 Å². The third kappa shape index (κ3) is 0.905. The second kappa shape index (κ2) is 2.32. The van der Waals surface area contributed by atoms with Crippen molar-refractivity contribution >= 4 is 22.9 Å². The number of rotatable bonds is 1. The summed E-state index contributed by atoms with van der Waals surface area (Å²) in [6.45, 7) is 1.24. The molecule has 0 aromatic rings. The van der Waals surface area contributed by atoms with Crippen LogP contribution in [0.15, 0.2) is 0 Å². The summed E-state index contributed by atoms with van der Waals surface area (Å²) in [5.74, 6) is 0. The molecule has 2 fully saturated rings. The van der Waals surface area contributed by atoms with Crippen molar-refractivity contribution in [3.05, 3.63) is 0 Å². The van der Waals surface area contributed by atoms with Gasteiger partial charge in [-0.3, -0.25) is 0 Å². The van der Waals surface area contributed by atoms with Gasteiger partial charge in [-0.05, 0) is 26.3 Å². The van der Waals surface area contributed by atoms with E-state index in [1.54, 1.807) is 0 Å². The van der Waals surface area contributed by atoms with E-state index in [9.17, 15) is 0 Å². The Labute approximate surface area is 75.8 Å². The van der Waals surface area contributed by atoms with E-state index in [-0.39, 0.29) is 0 Å². The molecule has 1 saturated carbocycles. The lowest BCUT2D eigenvalue weighted by molar-refractivity contribution is 0.322. The van der Waals surface area contributed by atoms with Gasteiger partial charge in [-0.2, -0.15) is 0 Å². The van der Waals surface area contributed by atoms with Gasteiger partial charge in [0.05, 0.1) is 0 Å². The Morgan fingerprint density at radius 3 is 2.80 bits per heavy atom. The van der Waals surface area contributed by atoms with Gasteiger partial charge in [0.1, 0.15) is 0 Å². The van der Waals surface area contributed by atoms with Crippen LogP contribution in [0.4, 0.5) is 0 Å². The normalized spacial score (nSPS) is 46.8. The van der Waals surface area contributed by atoms with Gasteiger partial charge >= 0.3 is 0 Å². The summed E-state index contributed by atoms with van der Waals surface area (Å²) in [5, 5.41) is 3.45. The van der Waals surface area contributed by atoms with E-state index in [0.29, 0.717) is 5.54 Å². The molecule has 0 amide bonds. The minimum absolute atomic E-state index is 0.492. The highest BCUT2D eigenvalue weighted by Gasteiger charge is 2.47. The summed E-state index contributed by atoms with van der Waals surface area (Å²) in [6.07, 6.45) is 4.14. The Bertz CT molecular complexity index is 147. The smallest absolute Gasteiger partial charge is 0.0330 e. The van der Waals surface area contributed by atoms with Crippen molar-refractivity contribution in [2.24, 2.45) is 0 Å². The minimum Gasteiger partial charge on any atom is -0.313 e. The van der Waals surface area contributed by atoms with E-state index in [1.807, 2.05) is 0 Å². The van der Waals surface area contributed by atoms with Crippen LogP contribution in [-0.2, 0) is 0 Å². The zero-order chi connectivity index (χ0) is 7.19. The van der Waals surface area contributed by atoms with Gasteiger partial charge in [-0.25, -0.2) is 3.11 Å². The maximum atomic E-state index is 3.45. The Kier molecular flexibility index (Phi) is 1.69. The maximum absolute atomic E-state index is 3.45. The molecule has 1 aliphatic carbocycles. The summed E-state index contributed by atoms with van der Waals surface area (Å²) in [6, 6.07) is 0.869. The zero-order valence-electron chi connectivity index (χ0n) is 6.23. The third-order valence-corrected chi connectivity index (χ3v) is 4.09. The highest BCUT2D eigenvalue weighted by Crippen LogP contribution is 2.42. The summed E-state index contributed by atoms with van der Waals surface area (Å²) in [4.78, 5) is 0. The van der Waals surface area contributed by atoms with Gasteiger partial charge in [0, 0.05) is 41.0 Å². The first-order chi connectivity index (χ1) is 4.76. The molecule has 1 heterocycles. The standard InChI is InChI=1S/C7H13IN2/c1-9-7-3-2-6(4-7)10(8)5-7/h6,9H,2-5H2,1H3. The van der Waals surface area contributed by atoms with Crippen molar-refractivity contribution in [1.82, 2.24) is 8.43 Å². The summed E-state index contributed by atoms with van der Waals surface area (Å²) >= 11 is 2.45. The van der Waals surface area contributed by atoms with Gasteiger partial charge in [0.2, 0.25) is 0 Å². The van der Waals surface area contributed by atoms with Crippen molar-refractivity contribution in [3.63, 3.8) is 0 Å². The minimum atomic E-state index is 0.492. The average Bonchev–Trinajstić information content (AvgIpc) is 2.45. The SMILES string of the molecule is CNC12CCC(C1)N(I)C2. The van der Waals surface area contributed by atoms with E-state index in [2.05, 4.69) is 38.3 Å². The lowest BCUT2D eigenvalue weighted by atomic mass is 10.0. The van der Waals surface area contributed by atoms with Crippen molar-refractivity contribution in [2.75, 3.05) is 13.6 Å². The van der Waals surface area contributed by atoms with E-state index < -0.39 is 0 Å². The fourth-order valence-corrected chi connectivity index (χ4v) is 3.33. The quantitative estimate of drug-likeness (QED) is 0.556. The van der Waals surface area contributed by atoms with Crippen molar-refractivity contribution in [3.8, 4) is 0 Å². The summed E-state index contributed by atoms with van der Waals surface area (Å²) in [5.41, 5.74) is 0.492. The molecule has 2 bridgehead atoms. The Morgan fingerprint density at radius 1 is 1.70 bits per heavy atom. The molecule has 2 rings (SSSR count). The molecule has 0 aromatic carbocycles. The molecule has 1 aliphatic heterocycles. The van der Waals surface area contributed by atoms with Crippen LogP contribution in [0.5, 0.6) is 0 Å². The summed E-state index contributed by atoms with van der Waals surface area (Å²) < 4.78 is 2.46. The molecule has 0 aromatic heterocycles. The highest BCUT2D eigenvalue weighted by atomic mass is 127. The second-order valence-electron chi connectivity index (χ2n) is 3.48. The van der Waals surface area contributed by atoms with E-state index in [4.69, 9.17) is 0 Å². The van der Waals surface area contributed by atoms with Crippen LogP contribution in [0.3, 0.4) is 0 Å². The fourth-order valence-electron chi connectivity index (χ4n) is 2.21. The highest BCUT2D eigenvalue weighted by molar-refractivity contribution is 14.1. The molecule has 1 N–H and O–H groups in total. The summed E-state index contributed by atoms with van der Waals surface area (Å²) in [7, 11) is 2.10. The first-order valence-corrected chi connectivity index (χ1v) is 4.84. The van der Waals surface area contributed by atoms with Gasteiger partial charge in [-0.1, -0.05) is 0 Å². The third-order valence-electron chi connectivity index (χ3n) is 2.96. The van der Waals surface area contributed by atoms with Crippen LogP contribution in [0.25, 0.3) is 0 Å². The fraction of sp³-hybridized carbons (Fsp3) is 1.00. The predicted molar refractivity (Wildman–Crippen MR) is 50.2 cm³/mol. The number of fused-ring (bicyclic) bond motifs is 2. The van der Waals surface area contributed by atoms with Crippen LogP contribution in [-0.4, -0.2) is 28.3 Å². The lowest BCUT2D eigenvalue weighted by Gasteiger charge is -2.28. The van der Waals surface area contributed by atoms with Crippen LogP contribution in [0.1, 0.15) is 19.3 Å². The maximum Gasteiger partial charge on any atom is 0.0330 e. The molecule has 2 unspecified atom stereocenters. The largest absolute Gasteiger partial charge is 0.313 e.